The van der Waals surface area contributed by atoms with Gasteiger partial charge < -0.3 is 10.2 Å². The van der Waals surface area contributed by atoms with Crippen molar-refractivity contribution in [2.24, 2.45) is 5.73 Å². The molecule has 2 N–H and O–H groups in total. The molecule has 2 rings (SSSR count). The van der Waals surface area contributed by atoms with E-state index in [9.17, 15) is 0 Å². The zero-order valence-electron chi connectivity index (χ0n) is 11.8. The van der Waals surface area contributed by atoms with Crippen LogP contribution >= 0.6 is 15.9 Å². The van der Waals surface area contributed by atoms with Gasteiger partial charge in [-0.25, -0.2) is 0 Å². The lowest BCUT2D eigenvalue weighted by molar-refractivity contribution is 0.246. The normalized spacial score (nSPS) is 12.8. The summed E-state index contributed by atoms with van der Waals surface area (Å²) in [6.07, 6.45) is 2.65. The van der Waals surface area contributed by atoms with Gasteiger partial charge in [-0.3, -0.25) is 4.90 Å². The van der Waals surface area contributed by atoms with Crippen LogP contribution in [0.4, 0.5) is 0 Å². The number of rotatable bonds is 7. The summed E-state index contributed by atoms with van der Waals surface area (Å²) >= 11 is 3.56. The van der Waals surface area contributed by atoms with E-state index in [-0.39, 0.29) is 6.04 Å². The fourth-order valence-electron chi connectivity index (χ4n) is 2.22. The van der Waals surface area contributed by atoms with Crippen molar-refractivity contribution in [2.75, 3.05) is 13.1 Å². The second-order valence-electron chi connectivity index (χ2n) is 4.86. The van der Waals surface area contributed by atoms with Gasteiger partial charge in [-0.1, -0.05) is 41.1 Å². The fraction of sp³-hybridized carbons (Fsp3) is 0.375. The van der Waals surface area contributed by atoms with Gasteiger partial charge in [0.15, 0.2) is 0 Å². The van der Waals surface area contributed by atoms with Gasteiger partial charge in [0.1, 0.15) is 5.76 Å². The molecule has 1 atom stereocenters. The molecule has 0 spiro atoms. The molecule has 0 fully saturated rings. The lowest BCUT2D eigenvalue weighted by Crippen LogP contribution is -2.27. The summed E-state index contributed by atoms with van der Waals surface area (Å²) in [4.78, 5) is 2.34. The van der Waals surface area contributed by atoms with Crippen LogP contribution in [0.5, 0.6) is 0 Å². The maximum Gasteiger partial charge on any atom is 0.117 e. The van der Waals surface area contributed by atoms with Crippen LogP contribution in [-0.4, -0.2) is 18.0 Å². The first kappa shape index (κ1) is 15.3. The molecule has 1 aromatic carbocycles. The van der Waals surface area contributed by atoms with Crippen LogP contribution in [0.1, 0.15) is 30.7 Å². The van der Waals surface area contributed by atoms with Crippen LogP contribution in [-0.2, 0) is 6.54 Å². The smallest absolute Gasteiger partial charge is 0.117 e. The third kappa shape index (κ3) is 4.20. The topological polar surface area (TPSA) is 42.4 Å². The maximum atomic E-state index is 6.29. The molecular formula is C16H21BrN2O. The van der Waals surface area contributed by atoms with Crippen molar-refractivity contribution in [2.45, 2.75) is 25.9 Å². The third-order valence-corrected chi connectivity index (χ3v) is 4.19. The number of furan rings is 1. The van der Waals surface area contributed by atoms with E-state index >= 15 is 0 Å². The van der Waals surface area contributed by atoms with Gasteiger partial charge in [-0.05, 0) is 36.7 Å². The van der Waals surface area contributed by atoms with Crippen molar-refractivity contribution >= 4 is 15.9 Å². The molecule has 4 heteroatoms. The number of hydrogen-bond donors (Lipinski definition) is 1. The van der Waals surface area contributed by atoms with Crippen molar-refractivity contribution in [3.8, 4) is 0 Å². The molecule has 108 valence electrons. The number of benzene rings is 1. The Morgan fingerprint density at radius 1 is 1.25 bits per heavy atom. The summed E-state index contributed by atoms with van der Waals surface area (Å²) in [6.45, 7) is 4.95. The molecule has 0 aliphatic rings. The first-order chi connectivity index (χ1) is 9.70. The predicted molar refractivity (Wildman–Crippen MR) is 85.3 cm³/mol. The molecule has 0 saturated heterocycles. The molecule has 2 aromatic rings. The fourth-order valence-corrected chi connectivity index (χ4v) is 2.80. The quantitative estimate of drug-likeness (QED) is 0.832. The van der Waals surface area contributed by atoms with Gasteiger partial charge >= 0.3 is 0 Å². The van der Waals surface area contributed by atoms with Crippen molar-refractivity contribution in [1.29, 1.82) is 0 Å². The second-order valence-corrected chi connectivity index (χ2v) is 5.72. The number of hydrogen-bond acceptors (Lipinski definition) is 3. The molecule has 0 aliphatic heterocycles. The highest BCUT2D eigenvalue weighted by Gasteiger charge is 2.12. The monoisotopic (exact) mass is 336 g/mol. The molecular weight excluding hydrogens is 316 g/mol. The molecule has 3 nitrogen and oxygen atoms in total. The summed E-state index contributed by atoms with van der Waals surface area (Å²) in [5.74, 6) is 1.00. The van der Waals surface area contributed by atoms with E-state index in [1.165, 1.54) is 5.56 Å². The molecule has 1 unspecified atom stereocenters. The number of nitrogens with two attached hydrogens (primary N) is 1. The highest BCUT2D eigenvalue weighted by atomic mass is 79.9. The summed E-state index contributed by atoms with van der Waals surface area (Å²) in [5, 5.41) is 0. The van der Waals surface area contributed by atoms with E-state index < -0.39 is 0 Å². The molecule has 0 amide bonds. The van der Waals surface area contributed by atoms with Crippen LogP contribution in [0.25, 0.3) is 0 Å². The zero-order chi connectivity index (χ0) is 14.4. The Morgan fingerprint density at radius 3 is 2.70 bits per heavy atom. The van der Waals surface area contributed by atoms with Gasteiger partial charge in [0.2, 0.25) is 0 Å². The summed E-state index contributed by atoms with van der Waals surface area (Å²) in [7, 11) is 0. The third-order valence-electron chi connectivity index (χ3n) is 3.47. The molecule has 0 radical (unpaired) electrons. The van der Waals surface area contributed by atoms with Crippen LogP contribution in [0.15, 0.2) is 51.6 Å². The van der Waals surface area contributed by atoms with Crippen molar-refractivity contribution in [1.82, 2.24) is 4.90 Å². The Balaban J connectivity index is 1.88. The van der Waals surface area contributed by atoms with Gasteiger partial charge in [-0.2, -0.15) is 0 Å². The summed E-state index contributed by atoms with van der Waals surface area (Å²) in [6, 6.07) is 12.1. The average molecular weight is 337 g/mol. The van der Waals surface area contributed by atoms with Gasteiger partial charge in [0.05, 0.1) is 12.8 Å². The van der Waals surface area contributed by atoms with Gasteiger partial charge in [-0.15, -0.1) is 0 Å². The van der Waals surface area contributed by atoms with Gasteiger partial charge in [0, 0.05) is 17.1 Å². The Labute approximate surface area is 128 Å². The highest BCUT2D eigenvalue weighted by Crippen LogP contribution is 2.23. The Morgan fingerprint density at radius 2 is 2.05 bits per heavy atom. The van der Waals surface area contributed by atoms with E-state index in [1.807, 2.05) is 30.3 Å². The second kappa shape index (κ2) is 7.62. The molecule has 0 bridgehead atoms. The lowest BCUT2D eigenvalue weighted by atomic mass is 10.0. The van der Waals surface area contributed by atoms with E-state index in [1.54, 1.807) is 6.26 Å². The first-order valence-corrected chi connectivity index (χ1v) is 7.74. The minimum atomic E-state index is 0.0521. The number of nitrogens with zero attached hydrogens (tertiary/aromatic N) is 1. The van der Waals surface area contributed by atoms with E-state index in [2.05, 4.69) is 33.8 Å². The van der Waals surface area contributed by atoms with Crippen molar-refractivity contribution < 1.29 is 4.42 Å². The van der Waals surface area contributed by atoms with Crippen LogP contribution in [0.3, 0.4) is 0 Å². The molecule has 0 aliphatic carbocycles. The maximum absolute atomic E-state index is 6.29. The molecule has 20 heavy (non-hydrogen) atoms. The first-order valence-electron chi connectivity index (χ1n) is 6.95. The Bertz CT molecular complexity index is 513. The molecule has 0 saturated carbocycles. The highest BCUT2D eigenvalue weighted by molar-refractivity contribution is 9.10. The van der Waals surface area contributed by atoms with Crippen LogP contribution < -0.4 is 5.73 Å². The minimum absolute atomic E-state index is 0.0521. The van der Waals surface area contributed by atoms with Crippen LogP contribution in [0, 0.1) is 0 Å². The standard InChI is InChI=1S/C16H21BrN2O/c1-2-19(12-13-6-5-11-20-13)10-9-16(18)14-7-3-4-8-15(14)17/h3-8,11,16H,2,9-10,12,18H2,1H3. The van der Waals surface area contributed by atoms with E-state index in [4.69, 9.17) is 10.2 Å². The van der Waals surface area contributed by atoms with Crippen molar-refractivity contribution in [3.05, 3.63) is 58.5 Å². The van der Waals surface area contributed by atoms with E-state index in [0.717, 1.165) is 36.3 Å². The van der Waals surface area contributed by atoms with E-state index in [0.29, 0.717) is 0 Å². The average Bonchev–Trinajstić information content (AvgIpc) is 2.96. The Kier molecular flexibility index (Phi) is 5.83. The summed E-state index contributed by atoms with van der Waals surface area (Å²) < 4.78 is 6.48. The lowest BCUT2D eigenvalue weighted by Gasteiger charge is -2.22. The largest absolute Gasteiger partial charge is 0.468 e. The zero-order valence-corrected chi connectivity index (χ0v) is 13.3. The minimum Gasteiger partial charge on any atom is -0.468 e. The SMILES string of the molecule is CCN(CCC(N)c1ccccc1Br)Cc1ccco1. The number of halogens is 1. The van der Waals surface area contributed by atoms with Crippen molar-refractivity contribution in [3.63, 3.8) is 0 Å². The summed E-state index contributed by atoms with van der Waals surface area (Å²) in [5.41, 5.74) is 7.46. The van der Waals surface area contributed by atoms with Gasteiger partial charge in [0.25, 0.3) is 0 Å². The predicted octanol–water partition coefficient (Wildman–Crippen LogP) is 3.95. The Hall–Kier alpha value is -1.10. The molecule has 1 heterocycles. The molecule has 1 aromatic heterocycles. The van der Waals surface area contributed by atoms with Crippen LogP contribution in [0.2, 0.25) is 0 Å².